The first-order valence-electron chi connectivity index (χ1n) is 18.7. The van der Waals surface area contributed by atoms with Crippen molar-refractivity contribution in [3.63, 3.8) is 0 Å². The zero-order valence-corrected chi connectivity index (χ0v) is 30.1. The molecule has 8 rings (SSSR count). The van der Waals surface area contributed by atoms with Crippen LogP contribution in [0.2, 0.25) is 0 Å². The van der Waals surface area contributed by atoms with Crippen molar-refractivity contribution in [1.82, 2.24) is 19.3 Å². The molecule has 4 aliphatic heterocycles. The highest BCUT2D eigenvalue weighted by molar-refractivity contribution is 6.08. The van der Waals surface area contributed by atoms with Crippen LogP contribution in [0.1, 0.15) is 74.8 Å². The van der Waals surface area contributed by atoms with Gasteiger partial charge in [0.15, 0.2) is 0 Å². The van der Waals surface area contributed by atoms with Crippen LogP contribution in [-0.4, -0.2) is 88.0 Å². The monoisotopic (exact) mass is 701 g/mol. The van der Waals surface area contributed by atoms with E-state index < -0.39 is 0 Å². The summed E-state index contributed by atoms with van der Waals surface area (Å²) in [5, 5.41) is 9.85. The van der Waals surface area contributed by atoms with E-state index in [2.05, 4.69) is 38.6 Å². The maximum absolute atomic E-state index is 15.3. The number of benzene rings is 3. The minimum absolute atomic E-state index is 0.0166. The molecule has 1 aromatic heterocycles. The Bertz CT molecular complexity index is 2010. The largest absolute Gasteiger partial charge is 0.508 e. The van der Waals surface area contributed by atoms with E-state index in [1.54, 1.807) is 36.2 Å². The van der Waals surface area contributed by atoms with Crippen LogP contribution < -0.4 is 4.90 Å². The number of aromatic hydroxyl groups is 1. The summed E-state index contributed by atoms with van der Waals surface area (Å²) in [4.78, 5) is 50.3. The minimum atomic E-state index is -0.130. The number of aromatic nitrogens is 1. The molecule has 1 N–H and O–H groups in total. The van der Waals surface area contributed by atoms with Crippen LogP contribution in [0.25, 0.3) is 11.3 Å². The van der Waals surface area contributed by atoms with E-state index >= 15 is 4.79 Å². The molecule has 270 valence electrons. The number of fused-ring (bicyclic) bond motifs is 3. The Balaban J connectivity index is 1.23. The van der Waals surface area contributed by atoms with Crippen LogP contribution in [0, 0.1) is 0 Å². The summed E-state index contributed by atoms with van der Waals surface area (Å²) in [5.74, 6) is 0.0837. The third-order valence-electron chi connectivity index (χ3n) is 11.4. The Morgan fingerprint density at radius 3 is 2.33 bits per heavy atom. The average molecular weight is 702 g/mol. The normalized spacial score (nSPS) is 18.5. The van der Waals surface area contributed by atoms with Gasteiger partial charge in [-0.2, -0.15) is 0 Å². The first-order valence-corrected chi connectivity index (χ1v) is 18.7. The van der Waals surface area contributed by atoms with Crippen LogP contribution >= 0.6 is 0 Å². The summed E-state index contributed by atoms with van der Waals surface area (Å²) >= 11 is 0. The Morgan fingerprint density at radius 1 is 0.846 bits per heavy atom. The molecule has 0 bridgehead atoms. The average Bonchev–Trinajstić information content (AvgIpc) is 3.78. The molecule has 5 heterocycles. The smallest absolute Gasteiger partial charge is 0.259 e. The van der Waals surface area contributed by atoms with Crippen molar-refractivity contribution in [3.8, 4) is 17.0 Å². The highest BCUT2D eigenvalue weighted by atomic mass is 16.5. The standard InChI is InChI=1S/C42H47N5O5/c1-3-40(49)45-24-30-21-35(39-23-37(38-10-6-7-15-46(38)39)41(50)43(2)32-11-13-34(48)14-12-32)36(22-31(30)25-45)42(51)47-26-29-9-5-4-8-28(29)20-33(47)27-44-16-18-52-19-17-44/h4-5,8-9,11-14,21-23,33,48H,3,6-7,10,15-20,24-27H2,1-2H3/t33-/m1/s1. The van der Waals surface area contributed by atoms with Crippen LogP contribution in [0.3, 0.4) is 0 Å². The van der Waals surface area contributed by atoms with Gasteiger partial charge in [0.2, 0.25) is 5.91 Å². The summed E-state index contributed by atoms with van der Waals surface area (Å²) in [6.07, 6.45) is 3.93. The molecular formula is C42H47N5O5. The molecule has 0 aliphatic carbocycles. The Kier molecular flexibility index (Phi) is 9.36. The van der Waals surface area contributed by atoms with Gasteiger partial charge in [0, 0.05) is 93.5 Å². The molecule has 1 fully saturated rings. The molecule has 0 saturated carbocycles. The van der Waals surface area contributed by atoms with E-state index in [9.17, 15) is 14.7 Å². The fourth-order valence-corrected chi connectivity index (χ4v) is 8.52. The van der Waals surface area contributed by atoms with E-state index in [4.69, 9.17) is 4.74 Å². The molecular weight excluding hydrogens is 654 g/mol. The lowest BCUT2D eigenvalue weighted by Gasteiger charge is -2.40. The van der Waals surface area contributed by atoms with Gasteiger partial charge in [-0.05, 0) is 90.4 Å². The SMILES string of the molecule is CCC(=O)N1Cc2cc(C(=O)N3Cc4ccccc4C[C@@H]3CN3CCOCC3)c(-c3cc(C(=O)N(C)c4ccc(O)cc4)c4n3CCCC4)cc2C1. The number of hydrogen-bond donors (Lipinski definition) is 1. The molecule has 1 saturated heterocycles. The second-order valence-corrected chi connectivity index (χ2v) is 14.6. The highest BCUT2D eigenvalue weighted by Gasteiger charge is 2.36. The minimum Gasteiger partial charge on any atom is -0.508 e. The van der Waals surface area contributed by atoms with Gasteiger partial charge in [-0.25, -0.2) is 0 Å². The second kappa shape index (κ2) is 14.2. The quantitative estimate of drug-likeness (QED) is 0.269. The van der Waals surface area contributed by atoms with Gasteiger partial charge < -0.3 is 29.1 Å². The summed E-state index contributed by atoms with van der Waals surface area (Å²) in [6, 6.07) is 21.2. The number of ether oxygens (including phenoxy) is 1. The van der Waals surface area contributed by atoms with Gasteiger partial charge in [-0.3, -0.25) is 19.3 Å². The molecule has 0 spiro atoms. The van der Waals surface area contributed by atoms with Crippen molar-refractivity contribution in [2.24, 2.45) is 0 Å². The number of phenols is 1. The van der Waals surface area contributed by atoms with Gasteiger partial charge in [0.1, 0.15) is 5.75 Å². The highest BCUT2D eigenvalue weighted by Crippen LogP contribution is 2.39. The van der Waals surface area contributed by atoms with E-state index in [-0.39, 0.29) is 29.5 Å². The topological polar surface area (TPSA) is 98.6 Å². The maximum atomic E-state index is 15.3. The molecule has 10 heteroatoms. The van der Waals surface area contributed by atoms with Crippen LogP contribution in [-0.2, 0) is 48.6 Å². The predicted molar refractivity (Wildman–Crippen MR) is 199 cm³/mol. The second-order valence-electron chi connectivity index (χ2n) is 14.6. The summed E-state index contributed by atoms with van der Waals surface area (Å²) < 4.78 is 7.90. The van der Waals surface area contributed by atoms with E-state index in [0.29, 0.717) is 56.1 Å². The Morgan fingerprint density at radius 2 is 1.58 bits per heavy atom. The summed E-state index contributed by atoms with van der Waals surface area (Å²) in [5.41, 5.74) is 9.10. The van der Waals surface area contributed by atoms with Crippen molar-refractivity contribution in [2.75, 3.05) is 44.8 Å². The zero-order chi connectivity index (χ0) is 35.9. The number of hydrogen-bond acceptors (Lipinski definition) is 6. The number of carbonyl (C=O) groups excluding carboxylic acids is 3. The van der Waals surface area contributed by atoms with Crippen molar-refractivity contribution in [1.29, 1.82) is 0 Å². The number of amides is 3. The molecule has 52 heavy (non-hydrogen) atoms. The van der Waals surface area contributed by atoms with Gasteiger partial charge in [-0.15, -0.1) is 0 Å². The number of anilines is 1. The first kappa shape index (κ1) is 34.2. The van der Waals surface area contributed by atoms with Crippen molar-refractivity contribution >= 4 is 23.4 Å². The van der Waals surface area contributed by atoms with Crippen LogP contribution in [0.5, 0.6) is 5.75 Å². The van der Waals surface area contributed by atoms with Crippen LogP contribution in [0.15, 0.2) is 66.7 Å². The molecule has 0 radical (unpaired) electrons. The molecule has 4 aliphatic rings. The third kappa shape index (κ3) is 6.39. The third-order valence-corrected chi connectivity index (χ3v) is 11.4. The number of phenolic OH excluding ortho intramolecular Hbond substituents is 1. The Hall–Kier alpha value is -4.93. The predicted octanol–water partition coefficient (Wildman–Crippen LogP) is 5.63. The first-order chi connectivity index (χ1) is 25.3. The van der Waals surface area contributed by atoms with E-state index in [1.165, 1.54) is 11.1 Å². The lowest BCUT2D eigenvalue weighted by atomic mass is 9.91. The molecule has 3 amide bonds. The number of carbonyl (C=O) groups is 3. The molecule has 0 unspecified atom stereocenters. The van der Waals surface area contributed by atoms with Crippen molar-refractivity contribution in [3.05, 3.63) is 106 Å². The maximum Gasteiger partial charge on any atom is 0.259 e. The zero-order valence-electron chi connectivity index (χ0n) is 30.1. The lowest BCUT2D eigenvalue weighted by molar-refractivity contribution is -0.131. The summed E-state index contributed by atoms with van der Waals surface area (Å²) in [6.45, 7) is 7.99. The molecule has 3 aromatic carbocycles. The lowest BCUT2D eigenvalue weighted by Crippen LogP contribution is -2.52. The summed E-state index contributed by atoms with van der Waals surface area (Å²) in [7, 11) is 1.76. The van der Waals surface area contributed by atoms with E-state index in [1.807, 2.05) is 30.0 Å². The fourth-order valence-electron chi connectivity index (χ4n) is 8.52. The van der Waals surface area contributed by atoms with Crippen LogP contribution in [0.4, 0.5) is 5.69 Å². The van der Waals surface area contributed by atoms with Gasteiger partial charge in [0.25, 0.3) is 11.8 Å². The van der Waals surface area contributed by atoms with Gasteiger partial charge in [-0.1, -0.05) is 31.2 Å². The van der Waals surface area contributed by atoms with E-state index in [0.717, 1.165) is 79.9 Å². The molecule has 1 atom stereocenters. The van der Waals surface area contributed by atoms with Crippen molar-refractivity contribution in [2.45, 2.75) is 71.2 Å². The molecule has 4 aromatic rings. The fraction of sp³-hybridized carbons (Fsp3) is 0.405. The van der Waals surface area contributed by atoms with Gasteiger partial charge in [0.05, 0.1) is 18.8 Å². The van der Waals surface area contributed by atoms with Crippen molar-refractivity contribution < 1.29 is 24.2 Å². The number of morpholine rings is 1. The number of nitrogens with zero attached hydrogens (tertiary/aromatic N) is 5. The number of rotatable bonds is 7. The van der Waals surface area contributed by atoms with Gasteiger partial charge >= 0.3 is 0 Å². The molecule has 10 nitrogen and oxygen atoms in total. The Labute approximate surface area is 305 Å².